The van der Waals surface area contributed by atoms with Gasteiger partial charge in [0.05, 0.1) is 6.04 Å². The van der Waals surface area contributed by atoms with Crippen molar-refractivity contribution in [2.24, 2.45) is 11.8 Å². The van der Waals surface area contributed by atoms with E-state index in [1.165, 1.54) is 43.5 Å². The summed E-state index contributed by atoms with van der Waals surface area (Å²) in [4.78, 5) is 4.55. The summed E-state index contributed by atoms with van der Waals surface area (Å²) in [6.45, 7) is 2.40. The van der Waals surface area contributed by atoms with E-state index in [4.69, 9.17) is 0 Å². The molecule has 2 aliphatic carbocycles. The van der Waals surface area contributed by atoms with E-state index in [9.17, 15) is 0 Å². The molecule has 0 aliphatic heterocycles. The van der Waals surface area contributed by atoms with Crippen molar-refractivity contribution in [3.63, 3.8) is 0 Å². The molecule has 2 aliphatic rings. The van der Waals surface area contributed by atoms with Crippen LogP contribution in [0.25, 0.3) is 0 Å². The van der Waals surface area contributed by atoms with Crippen LogP contribution in [-0.2, 0) is 0 Å². The molecule has 1 aromatic rings. The van der Waals surface area contributed by atoms with Crippen LogP contribution in [0.5, 0.6) is 0 Å². The second-order valence-corrected chi connectivity index (χ2v) is 6.75. The molecule has 94 valence electrons. The number of thiazole rings is 1. The van der Waals surface area contributed by atoms with Gasteiger partial charge >= 0.3 is 0 Å². The molecule has 3 rings (SSSR count). The van der Waals surface area contributed by atoms with E-state index in [1.54, 1.807) is 0 Å². The molecule has 2 fully saturated rings. The van der Waals surface area contributed by atoms with E-state index < -0.39 is 0 Å². The maximum Gasteiger partial charge on any atom is 0.110 e. The standard InChI is InChI=1S/C14H22N2S/c1-10-3-2-4-11(9-10)13(16-12-5-6-12)14-15-7-8-17-14/h7-8,10-13,16H,2-6,9H2,1H3. The third-order valence-corrected chi connectivity index (χ3v) is 5.02. The molecule has 0 aromatic carbocycles. The first-order valence-corrected chi connectivity index (χ1v) is 7.86. The lowest BCUT2D eigenvalue weighted by Crippen LogP contribution is -2.32. The van der Waals surface area contributed by atoms with Crippen LogP contribution in [0.2, 0.25) is 0 Å². The van der Waals surface area contributed by atoms with Crippen molar-refractivity contribution in [1.29, 1.82) is 0 Å². The number of nitrogens with one attached hydrogen (secondary N) is 1. The van der Waals surface area contributed by atoms with Crippen LogP contribution in [0.4, 0.5) is 0 Å². The van der Waals surface area contributed by atoms with Crippen molar-refractivity contribution in [2.75, 3.05) is 0 Å². The van der Waals surface area contributed by atoms with Gasteiger partial charge in [-0.1, -0.05) is 19.8 Å². The minimum atomic E-state index is 0.533. The third-order valence-electron chi connectivity index (χ3n) is 4.16. The van der Waals surface area contributed by atoms with E-state index in [0.717, 1.165) is 17.9 Å². The first kappa shape index (κ1) is 11.7. The number of aromatic nitrogens is 1. The minimum Gasteiger partial charge on any atom is -0.305 e. The van der Waals surface area contributed by atoms with Crippen molar-refractivity contribution < 1.29 is 0 Å². The first-order chi connectivity index (χ1) is 8.33. The van der Waals surface area contributed by atoms with Gasteiger partial charge in [0.25, 0.3) is 0 Å². The van der Waals surface area contributed by atoms with Crippen LogP contribution >= 0.6 is 11.3 Å². The van der Waals surface area contributed by atoms with Gasteiger partial charge < -0.3 is 5.32 Å². The highest BCUT2D eigenvalue weighted by Crippen LogP contribution is 2.39. The molecule has 3 unspecified atom stereocenters. The second-order valence-electron chi connectivity index (χ2n) is 5.82. The van der Waals surface area contributed by atoms with Crippen LogP contribution in [0, 0.1) is 11.8 Å². The Morgan fingerprint density at radius 3 is 2.88 bits per heavy atom. The van der Waals surface area contributed by atoms with Gasteiger partial charge in [-0.15, -0.1) is 11.3 Å². The molecular weight excluding hydrogens is 228 g/mol. The molecule has 2 nitrogen and oxygen atoms in total. The third kappa shape index (κ3) is 2.89. The van der Waals surface area contributed by atoms with Crippen molar-refractivity contribution in [3.05, 3.63) is 16.6 Å². The lowest BCUT2D eigenvalue weighted by atomic mass is 9.78. The molecule has 17 heavy (non-hydrogen) atoms. The Labute approximate surface area is 108 Å². The number of nitrogens with zero attached hydrogens (tertiary/aromatic N) is 1. The van der Waals surface area contributed by atoms with Crippen LogP contribution in [-0.4, -0.2) is 11.0 Å². The highest BCUT2D eigenvalue weighted by Gasteiger charge is 2.33. The molecular formula is C14H22N2S. The monoisotopic (exact) mass is 250 g/mol. The molecule has 0 amide bonds. The quantitative estimate of drug-likeness (QED) is 0.880. The van der Waals surface area contributed by atoms with Crippen LogP contribution in [0.15, 0.2) is 11.6 Å². The number of hydrogen-bond acceptors (Lipinski definition) is 3. The Kier molecular flexibility index (Phi) is 3.48. The first-order valence-electron chi connectivity index (χ1n) is 6.98. The average Bonchev–Trinajstić information content (AvgIpc) is 2.99. The van der Waals surface area contributed by atoms with E-state index in [2.05, 4.69) is 22.6 Å². The van der Waals surface area contributed by atoms with Crippen molar-refractivity contribution in [1.82, 2.24) is 10.3 Å². The molecule has 0 spiro atoms. The summed E-state index contributed by atoms with van der Waals surface area (Å²) in [7, 11) is 0. The van der Waals surface area contributed by atoms with Crippen LogP contribution in [0.3, 0.4) is 0 Å². The highest BCUT2D eigenvalue weighted by molar-refractivity contribution is 7.09. The van der Waals surface area contributed by atoms with Gasteiger partial charge in [-0.3, -0.25) is 0 Å². The van der Waals surface area contributed by atoms with Gasteiger partial charge in [-0.05, 0) is 37.5 Å². The summed E-state index contributed by atoms with van der Waals surface area (Å²) in [6, 6.07) is 1.31. The fourth-order valence-corrected chi connectivity index (χ4v) is 3.87. The van der Waals surface area contributed by atoms with Crippen LogP contribution < -0.4 is 5.32 Å². The fourth-order valence-electron chi connectivity index (χ4n) is 3.08. The van der Waals surface area contributed by atoms with E-state index in [0.29, 0.717) is 6.04 Å². The Hall–Kier alpha value is -0.410. The molecule has 1 aromatic heterocycles. The lowest BCUT2D eigenvalue weighted by Gasteiger charge is -2.33. The minimum absolute atomic E-state index is 0.533. The smallest absolute Gasteiger partial charge is 0.110 e. The molecule has 3 atom stereocenters. The number of rotatable bonds is 4. The maximum atomic E-state index is 4.55. The Bertz CT molecular complexity index is 345. The van der Waals surface area contributed by atoms with Gasteiger partial charge in [0, 0.05) is 17.6 Å². The summed E-state index contributed by atoms with van der Waals surface area (Å²) in [5, 5.41) is 7.26. The molecule has 0 bridgehead atoms. The van der Waals surface area contributed by atoms with Gasteiger partial charge in [0.1, 0.15) is 5.01 Å². The average molecular weight is 250 g/mol. The van der Waals surface area contributed by atoms with E-state index in [-0.39, 0.29) is 0 Å². The Morgan fingerprint density at radius 2 is 2.24 bits per heavy atom. The zero-order valence-corrected chi connectivity index (χ0v) is 11.4. The summed E-state index contributed by atoms with van der Waals surface area (Å²) in [5.41, 5.74) is 0. The van der Waals surface area contributed by atoms with Gasteiger partial charge in [-0.2, -0.15) is 0 Å². The fraction of sp³-hybridized carbons (Fsp3) is 0.786. The topological polar surface area (TPSA) is 24.9 Å². The van der Waals surface area contributed by atoms with Gasteiger partial charge in [-0.25, -0.2) is 4.98 Å². The van der Waals surface area contributed by atoms with E-state index >= 15 is 0 Å². The molecule has 1 N–H and O–H groups in total. The maximum absolute atomic E-state index is 4.55. The summed E-state index contributed by atoms with van der Waals surface area (Å²) in [5.74, 6) is 1.71. The lowest BCUT2D eigenvalue weighted by molar-refractivity contribution is 0.222. The largest absolute Gasteiger partial charge is 0.305 e. The zero-order valence-electron chi connectivity index (χ0n) is 10.6. The van der Waals surface area contributed by atoms with E-state index in [1.807, 2.05) is 17.5 Å². The summed E-state index contributed by atoms with van der Waals surface area (Å²) in [6.07, 6.45) is 10.3. The number of hydrogen-bond donors (Lipinski definition) is 1. The summed E-state index contributed by atoms with van der Waals surface area (Å²) >= 11 is 1.82. The molecule has 1 heterocycles. The van der Waals surface area contributed by atoms with Crippen molar-refractivity contribution >= 4 is 11.3 Å². The predicted octanol–water partition coefficient (Wildman–Crippen LogP) is 3.76. The zero-order chi connectivity index (χ0) is 11.7. The van der Waals surface area contributed by atoms with Gasteiger partial charge in [0.2, 0.25) is 0 Å². The van der Waals surface area contributed by atoms with Crippen molar-refractivity contribution in [3.8, 4) is 0 Å². The Balaban J connectivity index is 1.72. The molecule has 3 heteroatoms. The second kappa shape index (κ2) is 5.07. The molecule has 0 saturated heterocycles. The van der Waals surface area contributed by atoms with Gasteiger partial charge in [0.15, 0.2) is 0 Å². The van der Waals surface area contributed by atoms with Crippen molar-refractivity contribution in [2.45, 2.75) is 57.5 Å². The molecule has 0 radical (unpaired) electrons. The SMILES string of the molecule is CC1CCCC(C(NC2CC2)c2nccs2)C1. The summed E-state index contributed by atoms with van der Waals surface area (Å²) < 4.78 is 0. The predicted molar refractivity (Wildman–Crippen MR) is 72.1 cm³/mol. The van der Waals surface area contributed by atoms with Crippen LogP contribution in [0.1, 0.15) is 56.5 Å². The molecule has 2 saturated carbocycles. The Morgan fingerprint density at radius 1 is 1.35 bits per heavy atom. The normalized spacial score (nSPS) is 31.4. The highest BCUT2D eigenvalue weighted by atomic mass is 32.1.